The Bertz CT molecular complexity index is 964. The molecule has 2 aromatic rings. The van der Waals surface area contributed by atoms with Gasteiger partial charge < -0.3 is 24.8 Å². The molecule has 2 N–H and O–H groups in total. The number of aliphatic hydroxyl groups excluding tert-OH is 1. The van der Waals surface area contributed by atoms with E-state index in [4.69, 9.17) is 9.47 Å². The number of rotatable bonds is 10. The monoisotopic (exact) mass is 451 g/mol. The number of carbonyl (C=O) groups is 1. The molecular formula is C26H33N3O4. The molecule has 7 nitrogen and oxygen atoms in total. The summed E-state index contributed by atoms with van der Waals surface area (Å²) in [6, 6.07) is 15.1. The number of hydrogen-bond acceptors (Lipinski definition) is 6. The van der Waals surface area contributed by atoms with Gasteiger partial charge in [0.05, 0.1) is 12.7 Å². The van der Waals surface area contributed by atoms with Gasteiger partial charge in [-0.15, -0.1) is 0 Å². The van der Waals surface area contributed by atoms with E-state index in [1.54, 1.807) is 30.2 Å². The lowest BCUT2D eigenvalue weighted by Gasteiger charge is -2.23. The third-order valence-corrected chi connectivity index (χ3v) is 6.24. The Morgan fingerprint density at radius 1 is 1.18 bits per heavy atom. The normalized spacial score (nSPS) is 16.0. The number of amides is 1. The third kappa shape index (κ3) is 6.47. The molecular weight excluding hydrogens is 418 g/mol. The first-order valence-electron chi connectivity index (χ1n) is 11.4. The highest BCUT2D eigenvalue weighted by Gasteiger charge is 2.21. The molecule has 1 amide bonds. The van der Waals surface area contributed by atoms with Crippen LogP contribution in [-0.4, -0.2) is 61.4 Å². The molecule has 7 heteroatoms. The number of methoxy groups -OCH3 is 1. The first-order valence-corrected chi connectivity index (χ1v) is 11.4. The van der Waals surface area contributed by atoms with Crippen molar-refractivity contribution in [1.29, 1.82) is 5.26 Å². The SMILES string of the molecule is COc1ccc(C(C)C(C)NC[C@@H](O)COc2ccc(C(=O)N3CCCC3)cc2C#N)cc1. The van der Waals surface area contributed by atoms with E-state index in [1.807, 2.05) is 24.3 Å². The van der Waals surface area contributed by atoms with Gasteiger partial charge in [-0.05, 0) is 61.6 Å². The standard InChI is InChI=1S/C26H33N3O4/c1-18(20-6-9-24(32-3)10-7-20)19(2)28-16-23(30)17-33-25-11-8-21(14-22(25)15-27)26(31)29-12-4-5-13-29/h6-11,14,18-19,23,28,30H,4-5,12-13,16-17H2,1-3H3/t18?,19?,23-/m1/s1. The van der Waals surface area contributed by atoms with Gasteiger partial charge in [0.1, 0.15) is 30.3 Å². The second-order valence-electron chi connectivity index (χ2n) is 8.55. The van der Waals surface area contributed by atoms with Crippen molar-refractivity contribution >= 4 is 5.91 Å². The van der Waals surface area contributed by atoms with Gasteiger partial charge in [0.25, 0.3) is 5.91 Å². The zero-order valence-corrected chi connectivity index (χ0v) is 19.6. The maximum atomic E-state index is 12.6. The van der Waals surface area contributed by atoms with Crippen LogP contribution in [0.1, 0.15) is 54.1 Å². The smallest absolute Gasteiger partial charge is 0.253 e. The summed E-state index contributed by atoms with van der Waals surface area (Å²) in [6.45, 7) is 6.13. The van der Waals surface area contributed by atoms with Gasteiger partial charge in [0.2, 0.25) is 0 Å². The maximum absolute atomic E-state index is 12.6. The third-order valence-electron chi connectivity index (χ3n) is 6.24. The number of likely N-dealkylation sites (tertiary alicyclic amines) is 1. The molecule has 33 heavy (non-hydrogen) atoms. The summed E-state index contributed by atoms with van der Waals surface area (Å²) in [6.07, 6.45) is 1.29. The minimum Gasteiger partial charge on any atom is -0.497 e. The molecule has 2 unspecified atom stereocenters. The zero-order valence-electron chi connectivity index (χ0n) is 19.6. The molecule has 1 saturated heterocycles. The summed E-state index contributed by atoms with van der Waals surface area (Å²) < 4.78 is 10.9. The average molecular weight is 452 g/mol. The quantitative estimate of drug-likeness (QED) is 0.575. The summed E-state index contributed by atoms with van der Waals surface area (Å²) in [5.74, 6) is 1.38. The number of nitrogens with one attached hydrogen (secondary N) is 1. The number of ether oxygens (including phenoxy) is 2. The molecule has 1 aliphatic rings. The fourth-order valence-corrected chi connectivity index (χ4v) is 3.92. The van der Waals surface area contributed by atoms with Crippen LogP contribution < -0.4 is 14.8 Å². The Kier molecular flexibility index (Phi) is 8.70. The fraction of sp³-hybridized carbons (Fsp3) is 0.462. The Balaban J connectivity index is 1.49. The van der Waals surface area contributed by atoms with Crippen molar-refractivity contribution in [2.75, 3.05) is 33.4 Å². The van der Waals surface area contributed by atoms with Gasteiger partial charge in [-0.3, -0.25) is 4.79 Å². The second-order valence-corrected chi connectivity index (χ2v) is 8.55. The predicted molar refractivity (Wildman–Crippen MR) is 127 cm³/mol. The van der Waals surface area contributed by atoms with Crippen LogP contribution in [0.5, 0.6) is 11.5 Å². The summed E-state index contributed by atoms with van der Waals surface area (Å²) in [4.78, 5) is 14.4. The first-order chi connectivity index (χ1) is 15.9. The van der Waals surface area contributed by atoms with E-state index >= 15 is 0 Å². The number of nitrogens with zero attached hydrogens (tertiary/aromatic N) is 2. The minimum absolute atomic E-state index is 0.0464. The van der Waals surface area contributed by atoms with Crippen molar-refractivity contribution in [3.05, 3.63) is 59.2 Å². The van der Waals surface area contributed by atoms with Crippen LogP contribution in [0.4, 0.5) is 0 Å². The van der Waals surface area contributed by atoms with Gasteiger partial charge in [0, 0.05) is 31.2 Å². The number of carbonyl (C=O) groups excluding carboxylic acids is 1. The van der Waals surface area contributed by atoms with Crippen LogP contribution in [0.25, 0.3) is 0 Å². The summed E-state index contributed by atoms with van der Waals surface area (Å²) >= 11 is 0. The van der Waals surface area contributed by atoms with Crippen molar-refractivity contribution in [1.82, 2.24) is 10.2 Å². The van der Waals surface area contributed by atoms with Crippen LogP contribution in [0.3, 0.4) is 0 Å². The molecule has 0 bridgehead atoms. The van der Waals surface area contributed by atoms with Gasteiger partial charge in [0.15, 0.2) is 0 Å². The molecule has 0 spiro atoms. The predicted octanol–water partition coefficient (Wildman–Crippen LogP) is 3.32. The first kappa shape index (κ1) is 24.6. The number of hydrogen-bond donors (Lipinski definition) is 2. The Hall–Kier alpha value is -3.08. The van der Waals surface area contributed by atoms with Crippen molar-refractivity contribution in [3.8, 4) is 17.6 Å². The van der Waals surface area contributed by atoms with Crippen LogP contribution in [-0.2, 0) is 0 Å². The highest BCUT2D eigenvalue weighted by molar-refractivity contribution is 5.95. The van der Waals surface area contributed by atoms with Crippen molar-refractivity contribution in [3.63, 3.8) is 0 Å². The molecule has 3 rings (SSSR count). The van der Waals surface area contributed by atoms with Crippen molar-refractivity contribution in [2.24, 2.45) is 0 Å². The second kappa shape index (κ2) is 11.7. The molecule has 0 radical (unpaired) electrons. The highest BCUT2D eigenvalue weighted by atomic mass is 16.5. The summed E-state index contributed by atoms with van der Waals surface area (Å²) in [5.41, 5.74) is 1.97. The van der Waals surface area contributed by atoms with E-state index < -0.39 is 6.10 Å². The molecule has 1 heterocycles. The molecule has 2 aromatic carbocycles. The van der Waals surface area contributed by atoms with Gasteiger partial charge in [-0.1, -0.05) is 19.1 Å². The molecule has 3 atom stereocenters. The molecule has 1 aliphatic heterocycles. The lowest BCUT2D eigenvalue weighted by molar-refractivity contribution is 0.0792. The molecule has 0 saturated carbocycles. The Morgan fingerprint density at radius 2 is 1.88 bits per heavy atom. The van der Waals surface area contributed by atoms with Crippen LogP contribution in [0, 0.1) is 11.3 Å². The van der Waals surface area contributed by atoms with Crippen molar-refractivity contribution in [2.45, 2.75) is 44.8 Å². The average Bonchev–Trinajstić information content (AvgIpc) is 3.40. The van der Waals surface area contributed by atoms with Crippen molar-refractivity contribution < 1.29 is 19.4 Å². The van der Waals surface area contributed by atoms with E-state index in [0.717, 1.165) is 31.7 Å². The van der Waals surface area contributed by atoms with Crippen LogP contribution in [0.15, 0.2) is 42.5 Å². The zero-order chi connectivity index (χ0) is 23.8. The van der Waals surface area contributed by atoms with E-state index in [1.165, 1.54) is 5.56 Å². The number of nitriles is 1. The fourth-order valence-electron chi connectivity index (χ4n) is 3.92. The molecule has 176 valence electrons. The summed E-state index contributed by atoms with van der Waals surface area (Å²) in [7, 11) is 1.65. The minimum atomic E-state index is -0.743. The molecule has 1 fully saturated rings. The number of aliphatic hydroxyl groups is 1. The van der Waals surface area contributed by atoms with Gasteiger partial charge >= 0.3 is 0 Å². The topological polar surface area (TPSA) is 94.8 Å². The Morgan fingerprint density at radius 3 is 2.52 bits per heavy atom. The van der Waals surface area contributed by atoms with E-state index in [9.17, 15) is 15.2 Å². The Labute approximate surface area is 195 Å². The molecule has 0 aliphatic carbocycles. The lowest BCUT2D eigenvalue weighted by atomic mass is 9.94. The van der Waals surface area contributed by atoms with E-state index in [-0.39, 0.29) is 24.5 Å². The van der Waals surface area contributed by atoms with Crippen LogP contribution >= 0.6 is 0 Å². The van der Waals surface area contributed by atoms with Gasteiger partial charge in [-0.2, -0.15) is 5.26 Å². The molecule has 0 aromatic heterocycles. The van der Waals surface area contributed by atoms with E-state index in [2.05, 4.69) is 25.2 Å². The van der Waals surface area contributed by atoms with Gasteiger partial charge in [-0.25, -0.2) is 0 Å². The maximum Gasteiger partial charge on any atom is 0.253 e. The van der Waals surface area contributed by atoms with E-state index in [0.29, 0.717) is 23.4 Å². The number of benzene rings is 2. The largest absolute Gasteiger partial charge is 0.497 e. The highest BCUT2D eigenvalue weighted by Crippen LogP contribution is 2.23. The van der Waals surface area contributed by atoms with Crippen LogP contribution in [0.2, 0.25) is 0 Å². The summed E-state index contributed by atoms with van der Waals surface area (Å²) in [5, 5.41) is 23.2. The lowest BCUT2D eigenvalue weighted by Crippen LogP contribution is -2.39.